The molecule has 0 spiro atoms. The smallest absolute Gasteiger partial charge is 0.145 e. The molecule has 0 radical (unpaired) electrons. The van der Waals surface area contributed by atoms with Gasteiger partial charge in [-0.2, -0.15) is 0 Å². The highest BCUT2D eigenvalue weighted by Crippen LogP contribution is 2.24. The average Bonchev–Trinajstić information content (AvgIpc) is 2.22. The topological polar surface area (TPSA) is 35.5 Å². The number of carbonyl (C=O) groups excluding carboxylic acids is 1. The van der Waals surface area contributed by atoms with E-state index in [1.807, 2.05) is 48.5 Å². The summed E-state index contributed by atoms with van der Waals surface area (Å²) in [5.41, 5.74) is -0.539. The fraction of sp³-hybridized carbons (Fsp3) is 0.929. The Bertz CT molecular complexity index is 220. The van der Waals surface area contributed by atoms with Gasteiger partial charge in [0.2, 0.25) is 0 Å². The molecule has 0 rings (SSSR count). The molecule has 0 unspecified atom stereocenters. The van der Waals surface area contributed by atoms with Gasteiger partial charge in [-0.05, 0) is 34.6 Å². The van der Waals surface area contributed by atoms with Crippen molar-refractivity contribution >= 4 is 5.78 Å². The highest BCUT2D eigenvalue weighted by Gasteiger charge is 2.35. The van der Waals surface area contributed by atoms with Gasteiger partial charge in [-0.1, -0.05) is 13.8 Å². The molecule has 0 saturated carbocycles. The highest BCUT2D eigenvalue weighted by atomic mass is 16.5. The maximum absolute atomic E-state index is 12.2. The summed E-state index contributed by atoms with van der Waals surface area (Å²) in [5.74, 6) is 0.213. The minimum absolute atomic E-state index is 0.00604. The molecule has 0 saturated heterocycles. The molecule has 102 valence electrons. The van der Waals surface area contributed by atoms with Gasteiger partial charge in [0.05, 0.1) is 30.8 Å². The number of hydrogen-bond acceptors (Lipinski definition) is 3. The Hall–Kier alpha value is -0.410. The van der Waals surface area contributed by atoms with Crippen LogP contribution in [0.2, 0.25) is 0 Å². The van der Waals surface area contributed by atoms with Gasteiger partial charge in [-0.3, -0.25) is 4.79 Å². The summed E-state index contributed by atoms with van der Waals surface area (Å²) < 4.78 is 11.2. The van der Waals surface area contributed by atoms with E-state index in [0.29, 0.717) is 13.2 Å². The zero-order valence-electron chi connectivity index (χ0n) is 12.4. The minimum atomic E-state index is -0.539. The largest absolute Gasteiger partial charge is 0.378 e. The van der Waals surface area contributed by atoms with Gasteiger partial charge in [0.25, 0.3) is 0 Å². The highest BCUT2D eigenvalue weighted by molar-refractivity contribution is 5.86. The van der Waals surface area contributed by atoms with E-state index in [1.165, 1.54) is 0 Å². The van der Waals surface area contributed by atoms with Gasteiger partial charge < -0.3 is 9.47 Å². The molecule has 0 heterocycles. The van der Waals surface area contributed by atoms with Gasteiger partial charge in [0.15, 0.2) is 0 Å². The van der Waals surface area contributed by atoms with Crippen molar-refractivity contribution < 1.29 is 14.3 Å². The minimum Gasteiger partial charge on any atom is -0.378 e. The van der Waals surface area contributed by atoms with Crippen LogP contribution in [0.25, 0.3) is 0 Å². The summed E-state index contributed by atoms with van der Waals surface area (Å²) in [6, 6.07) is 0. The van der Waals surface area contributed by atoms with E-state index in [1.54, 1.807) is 0 Å². The molecular weight excluding hydrogens is 216 g/mol. The second kappa shape index (κ2) is 7.12. The molecule has 0 bridgehead atoms. The van der Waals surface area contributed by atoms with E-state index < -0.39 is 5.41 Å². The predicted molar refractivity (Wildman–Crippen MR) is 70.1 cm³/mol. The number of ketones is 1. The second-order valence-electron chi connectivity index (χ2n) is 5.80. The molecule has 0 amide bonds. The van der Waals surface area contributed by atoms with E-state index in [-0.39, 0.29) is 23.9 Å². The van der Waals surface area contributed by atoms with Crippen molar-refractivity contribution in [3.8, 4) is 0 Å². The van der Waals surface area contributed by atoms with E-state index >= 15 is 0 Å². The van der Waals surface area contributed by atoms with E-state index in [4.69, 9.17) is 9.47 Å². The molecule has 0 aliphatic carbocycles. The molecule has 0 aliphatic rings. The lowest BCUT2D eigenvalue weighted by Crippen LogP contribution is -2.41. The SMILES string of the molecule is CC(C)OCC(C)(COC(C)C)C(=O)C(C)C. The fourth-order valence-corrected chi connectivity index (χ4v) is 1.58. The van der Waals surface area contributed by atoms with Crippen molar-refractivity contribution in [2.45, 2.75) is 60.7 Å². The molecule has 0 aliphatic heterocycles. The molecule has 17 heavy (non-hydrogen) atoms. The van der Waals surface area contributed by atoms with Crippen molar-refractivity contribution in [3.63, 3.8) is 0 Å². The van der Waals surface area contributed by atoms with Crippen molar-refractivity contribution in [3.05, 3.63) is 0 Å². The number of carbonyl (C=O) groups is 1. The molecule has 0 N–H and O–H groups in total. The Labute approximate surface area is 106 Å². The van der Waals surface area contributed by atoms with Crippen molar-refractivity contribution in [2.24, 2.45) is 11.3 Å². The Morgan fingerprint density at radius 3 is 1.53 bits per heavy atom. The molecule has 3 nitrogen and oxygen atoms in total. The van der Waals surface area contributed by atoms with Crippen molar-refractivity contribution in [1.82, 2.24) is 0 Å². The first kappa shape index (κ1) is 16.6. The standard InChI is InChI=1S/C14H28O3/c1-10(2)13(15)14(7,8-16-11(3)4)9-17-12(5)6/h10-12H,8-9H2,1-7H3. The van der Waals surface area contributed by atoms with Gasteiger partial charge in [-0.25, -0.2) is 0 Å². The summed E-state index contributed by atoms with van der Waals surface area (Å²) in [4.78, 5) is 12.2. The quantitative estimate of drug-likeness (QED) is 0.658. The average molecular weight is 244 g/mol. The lowest BCUT2D eigenvalue weighted by atomic mass is 9.82. The zero-order chi connectivity index (χ0) is 13.6. The van der Waals surface area contributed by atoms with Crippen LogP contribution in [0.15, 0.2) is 0 Å². The Morgan fingerprint density at radius 2 is 1.29 bits per heavy atom. The first-order valence-corrected chi connectivity index (χ1v) is 6.46. The Kier molecular flexibility index (Phi) is 6.95. The fourth-order valence-electron chi connectivity index (χ4n) is 1.58. The lowest BCUT2D eigenvalue weighted by Gasteiger charge is -2.31. The van der Waals surface area contributed by atoms with Crippen LogP contribution in [-0.4, -0.2) is 31.2 Å². The molecule has 3 heteroatoms. The first-order valence-electron chi connectivity index (χ1n) is 6.46. The number of ether oxygens (including phenoxy) is 2. The maximum atomic E-state index is 12.2. The normalized spacial score (nSPS) is 12.8. The monoisotopic (exact) mass is 244 g/mol. The number of rotatable bonds is 8. The van der Waals surface area contributed by atoms with Crippen LogP contribution in [0.1, 0.15) is 48.5 Å². The summed E-state index contributed by atoms with van der Waals surface area (Å²) in [7, 11) is 0. The van der Waals surface area contributed by atoms with Crippen LogP contribution in [0.4, 0.5) is 0 Å². The zero-order valence-corrected chi connectivity index (χ0v) is 12.4. The number of hydrogen-bond donors (Lipinski definition) is 0. The van der Waals surface area contributed by atoms with Crippen LogP contribution in [0.3, 0.4) is 0 Å². The lowest BCUT2D eigenvalue weighted by molar-refractivity contribution is -0.142. The van der Waals surface area contributed by atoms with Gasteiger partial charge in [0.1, 0.15) is 5.78 Å². The van der Waals surface area contributed by atoms with Crippen LogP contribution >= 0.6 is 0 Å². The molecule has 0 aromatic rings. The maximum Gasteiger partial charge on any atom is 0.145 e. The summed E-state index contributed by atoms with van der Waals surface area (Å²) in [5, 5.41) is 0. The van der Waals surface area contributed by atoms with Crippen LogP contribution < -0.4 is 0 Å². The third-order valence-corrected chi connectivity index (χ3v) is 2.59. The molecule has 0 aromatic carbocycles. The molecule has 0 atom stereocenters. The van der Waals surface area contributed by atoms with Gasteiger partial charge in [0, 0.05) is 5.92 Å². The Morgan fingerprint density at radius 1 is 0.941 bits per heavy atom. The third kappa shape index (κ3) is 6.18. The van der Waals surface area contributed by atoms with Crippen molar-refractivity contribution in [2.75, 3.05) is 13.2 Å². The van der Waals surface area contributed by atoms with Gasteiger partial charge in [-0.15, -0.1) is 0 Å². The van der Waals surface area contributed by atoms with E-state index in [2.05, 4.69) is 0 Å². The summed E-state index contributed by atoms with van der Waals surface area (Å²) >= 11 is 0. The molecule has 0 aromatic heterocycles. The van der Waals surface area contributed by atoms with Crippen LogP contribution in [0, 0.1) is 11.3 Å². The van der Waals surface area contributed by atoms with E-state index in [9.17, 15) is 4.79 Å². The first-order chi connectivity index (χ1) is 7.69. The Balaban J connectivity index is 4.62. The van der Waals surface area contributed by atoms with E-state index in [0.717, 1.165) is 0 Å². The molecule has 0 fully saturated rings. The van der Waals surface area contributed by atoms with Crippen molar-refractivity contribution in [1.29, 1.82) is 0 Å². The summed E-state index contributed by atoms with van der Waals surface area (Å²) in [6.45, 7) is 14.5. The second-order valence-corrected chi connectivity index (χ2v) is 5.80. The van der Waals surface area contributed by atoms with Crippen LogP contribution in [-0.2, 0) is 14.3 Å². The molecular formula is C14H28O3. The number of Topliss-reactive ketones (excluding diaryl/α,β-unsaturated/α-hetero) is 1. The van der Waals surface area contributed by atoms with Crippen LogP contribution in [0.5, 0.6) is 0 Å². The van der Waals surface area contributed by atoms with Gasteiger partial charge >= 0.3 is 0 Å². The third-order valence-electron chi connectivity index (χ3n) is 2.59. The summed E-state index contributed by atoms with van der Waals surface area (Å²) in [6.07, 6.45) is 0.265. The predicted octanol–water partition coefficient (Wildman–Crippen LogP) is 3.07.